The SMILES string of the molecule is CC1CCC2OC(=O)C3(CO)CC4OC35CC2(O)C1(C)C=C5C4(C)O. The second kappa shape index (κ2) is 4.14. The second-order valence-electron chi connectivity index (χ2n) is 9.34. The van der Waals surface area contributed by atoms with Gasteiger partial charge in [-0.3, -0.25) is 4.79 Å². The summed E-state index contributed by atoms with van der Waals surface area (Å²) in [6.07, 6.45) is 2.57. The number of carbonyl (C=O) groups is 1. The van der Waals surface area contributed by atoms with Gasteiger partial charge in [-0.25, -0.2) is 0 Å². The van der Waals surface area contributed by atoms with Crippen LogP contribution in [-0.2, 0) is 14.3 Å². The van der Waals surface area contributed by atoms with Crippen LogP contribution in [-0.4, -0.2) is 56.9 Å². The third kappa shape index (κ3) is 1.38. The maximum atomic E-state index is 13.1. The minimum absolute atomic E-state index is 0.175. The van der Waals surface area contributed by atoms with E-state index in [1.807, 2.05) is 13.0 Å². The highest BCUT2D eigenvalue weighted by atomic mass is 16.6. The zero-order valence-corrected chi connectivity index (χ0v) is 14.9. The number of aliphatic hydroxyl groups is 3. The molecule has 2 aliphatic carbocycles. The maximum Gasteiger partial charge on any atom is 0.318 e. The molecule has 6 heteroatoms. The number of esters is 1. The second-order valence-corrected chi connectivity index (χ2v) is 9.34. The predicted molar refractivity (Wildman–Crippen MR) is 86.4 cm³/mol. The van der Waals surface area contributed by atoms with Crippen LogP contribution in [0.5, 0.6) is 0 Å². The Morgan fingerprint density at radius 3 is 2.64 bits per heavy atom. The molecule has 3 heterocycles. The lowest BCUT2D eigenvalue weighted by Crippen LogP contribution is -2.68. The van der Waals surface area contributed by atoms with E-state index in [-0.39, 0.29) is 18.8 Å². The summed E-state index contributed by atoms with van der Waals surface area (Å²) in [5, 5.41) is 33.2. The van der Waals surface area contributed by atoms with Crippen LogP contribution in [0.3, 0.4) is 0 Å². The van der Waals surface area contributed by atoms with Crippen LogP contribution >= 0.6 is 0 Å². The number of carbonyl (C=O) groups excluding carboxylic acids is 1. The van der Waals surface area contributed by atoms with Gasteiger partial charge < -0.3 is 24.8 Å². The molecule has 0 aromatic heterocycles. The summed E-state index contributed by atoms with van der Waals surface area (Å²) in [4.78, 5) is 13.1. The summed E-state index contributed by atoms with van der Waals surface area (Å²) in [7, 11) is 0. The van der Waals surface area contributed by atoms with Gasteiger partial charge in [-0.1, -0.05) is 19.9 Å². The first-order chi connectivity index (χ1) is 11.6. The molecule has 1 spiro atoms. The van der Waals surface area contributed by atoms with Crippen LogP contribution in [0.25, 0.3) is 0 Å². The lowest BCUT2D eigenvalue weighted by Gasteiger charge is -2.59. The maximum absolute atomic E-state index is 13.1. The molecule has 3 N–H and O–H groups in total. The molecule has 4 fully saturated rings. The summed E-state index contributed by atoms with van der Waals surface area (Å²) < 4.78 is 12.0. The summed E-state index contributed by atoms with van der Waals surface area (Å²) in [6, 6.07) is 0. The van der Waals surface area contributed by atoms with Crippen LogP contribution < -0.4 is 0 Å². The molecule has 3 aliphatic heterocycles. The molecule has 3 saturated heterocycles. The summed E-state index contributed by atoms with van der Waals surface area (Å²) in [6.45, 7) is 5.39. The number of aliphatic hydroxyl groups excluding tert-OH is 1. The number of ether oxygens (including phenoxy) is 2. The van der Waals surface area contributed by atoms with E-state index in [1.165, 1.54) is 0 Å². The standard InChI is InChI=1S/C19H26O6/c1-10-4-5-12-18(23)8-19-11(6-15(10,18)2)16(3,22)13(25-19)7-17(19,9-20)14(21)24-12/h6,10,12-13,20,22-23H,4-5,7-9H2,1-3H3. The summed E-state index contributed by atoms with van der Waals surface area (Å²) >= 11 is 0. The highest BCUT2D eigenvalue weighted by molar-refractivity contribution is 5.83. The molecule has 1 saturated carbocycles. The van der Waals surface area contributed by atoms with Crippen molar-refractivity contribution >= 4 is 5.97 Å². The molecule has 25 heavy (non-hydrogen) atoms. The van der Waals surface area contributed by atoms with E-state index in [2.05, 4.69) is 6.92 Å². The van der Waals surface area contributed by atoms with Crippen molar-refractivity contribution in [1.29, 1.82) is 0 Å². The fourth-order valence-corrected chi connectivity index (χ4v) is 6.53. The number of hydrogen-bond donors (Lipinski definition) is 3. The Hall–Kier alpha value is -0.950. The van der Waals surface area contributed by atoms with Crippen molar-refractivity contribution < 1.29 is 29.6 Å². The van der Waals surface area contributed by atoms with Crippen molar-refractivity contribution in [3.8, 4) is 0 Å². The summed E-state index contributed by atoms with van der Waals surface area (Å²) in [5.41, 5.74) is -4.89. The van der Waals surface area contributed by atoms with Crippen molar-refractivity contribution in [2.24, 2.45) is 16.7 Å². The first kappa shape index (κ1) is 16.2. The van der Waals surface area contributed by atoms with E-state index in [4.69, 9.17) is 9.47 Å². The third-order valence-corrected chi connectivity index (χ3v) is 8.48. The monoisotopic (exact) mass is 350 g/mol. The highest BCUT2D eigenvalue weighted by Gasteiger charge is 2.82. The van der Waals surface area contributed by atoms with Gasteiger partial charge in [0.25, 0.3) is 0 Å². The topological polar surface area (TPSA) is 96.2 Å². The smallest absolute Gasteiger partial charge is 0.318 e. The Kier molecular flexibility index (Phi) is 2.69. The van der Waals surface area contributed by atoms with Crippen molar-refractivity contribution in [3.63, 3.8) is 0 Å². The van der Waals surface area contributed by atoms with Gasteiger partial charge in [0.05, 0.1) is 12.7 Å². The fraction of sp³-hybridized carbons (Fsp3) is 0.842. The molecule has 0 aromatic carbocycles. The first-order valence-corrected chi connectivity index (χ1v) is 9.26. The Morgan fingerprint density at radius 2 is 1.96 bits per heavy atom. The Morgan fingerprint density at radius 1 is 1.24 bits per heavy atom. The van der Waals surface area contributed by atoms with Gasteiger partial charge in [0.15, 0.2) is 0 Å². The Balaban J connectivity index is 1.86. The zero-order chi connectivity index (χ0) is 18.0. The molecule has 0 aromatic rings. The zero-order valence-electron chi connectivity index (χ0n) is 14.9. The van der Waals surface area contributed by atoms with Gasteiger partial charge >= 0.3 is 5.97 Å². The van der Waals surface area contributed by atoms with Crippen LogP contribution in [0.1, 0.15) is 46.5 Å². The number of fused-ring (bicyclic) bond motifs is 1. The van der Waals surface area contributed by atoms with Gasteiger partial charge in [0, 0.05) is 11.8 Å². The van der Waals surface area contributed by atoms with E-state index >= 15 is 0 Å². The molecular formula is C19H26O6. The number of hydrogen-bond acceptors (Lipinski definition) is 6. The van der Waals surface area contributed by atoms with Crippen molar-refractivity contribution in [2.75, 3.05) is 6.61 Å². The molecule has 5 rings (SSSR count). The van der Waals surface area contributed by atoms with Gasteiger partial charge in [-0.15, -0.1) is 0 Å². The molecular weight excluding hydrogens is 324 g/mol. The predicted octanol–water partition coefficient (Wildman–Crippen LogP) is 0.680. The first-order valence-electron chi connectivity index (χ1n) is 9.26. The van der Waals surface area contributed by atoms with Crippen LogP contribution in [0.2, 0.25) is 0 Å². The van der Waals surface area contributed by atoms with E-state index in [0.29, 0.717) is 12.0 Å². The van der Waals surface area contributed by atoms with Crippen LogP contribution in [0.15, 0.2) is 11.6 Å². The normalized spacial score (nSPS) is 61.6. The van der Waals surface area contributed by atoms with Gasteiger partial charge in [-0.05, 0) is 37.7 Å². The minimum Gasteiger partial charge on any atom is -0.459 e. The minimum atomic E-state index is -1.27. The lowest BCUT2D eigenvalue weighted by molar-refractivity contribution is -0.210. The average molecular weight is 350 g/mol. The van der Waals surface area contributed by atoms with Gasteiger partial charge in [-0.2, -0.15) is 0 Å². The lowest BCUT2D eigenvalue weighted by atomic mass is 9.46. The Labute approximate surface area is 146 Å². The van der Waals surface area contributed by atoms with Crippen molar-refractivity contribution in [1.82, 2.24) is 0 Å². The van der Waals surface area contributed by atoms with Crippen LogP contribution in [0, 0.1) is 16.7 Å². The molecule has 8 atom stereocenters. The third-order valence-electron chi connectivity index (χ3n) is 8.48. The average Bonchev–Trinajstić information content (AvgIpc) is 2.95. The highest BCUT2D eigenvalue weighted by Crippen LogP contribution is 2.72. The Bertz CT molecular complexity index is 715. The summed E-state index contributed by atoms with van der Waals surface area (Å²) in [5.74, 6) is -0.326. The van der Waals surface area contributed by atoms with Crippen molar-refractivity contribution in [2.45, 2.75) is 75.5 Å². The largest absolute Gasteiger partial charge is 0.459 e. The molecule has 0 radical (unpaired) electrons. The van der Waals surface area contributed by atoms with E-state index in [9.17, 15) is 20.1 Å². The van der Waals surface area contributed by atoms with E-state index in [1.54, 1.807) is 6.92 Å². The van der Waals surface area contributed by atoms with Gasteiger partial charge in [0.2, 0.25) is 0 Å². The van der Waals surface area contributed by atoms with E-state index in [0.717, 1.165) is 6.42 Å². The molecule has 5 aliphatic rings. The quantitative estimate of drug-likeness (QED) is 0.475. The molecule has 0 amide bonds. The molecule has 6 nitrogen and oxygen atoms in total. The molecule has 8 unspecified atom stereocenters. The molecule has 138 valence electrons. The van der Waals surface area contributed by atoms with Gasteiger partial charge in [0.1, 0.15) is 28.3 Å². The number of rotatable bonds is 1. The fourth-order valence-electron chi connectivity index (χ4n) is 6.53. The van der Waals surface area contributed by atoms with Crippen molar-refractivity contribution in [3.05, 3.63) is 11.6 Å². The van der Waals surface area contributed by atoms with Crippen LogP contribution in [0.4, 0.5) is 0 Å². The molecule has 3 bridgehead atoms. The van der Waals surface area contributed by atoms with E-state index < -0.39 is 52.4 Å².